The third-order valence-electron chi connectivity index (χ3n) is 1.37. The van der Waals surface area contributed by atoms with Crippen molar-refractivity contribution in [3.63, 3.8) is 0 Å². The molecule has 0 bridgehead atoms. The molecule has 0 aliphatic carbocycles. The first-order valence-electron chi connectivity index (χ1n) is 3.41. The zero-order chi connectivity index (χ0) is 9.14. The van der Waals surface area contributed by atoms with Crippen molar-refractivity contribution < 1.29 is 4.74 Å². The van der Waals surface area contributed by atoms with E-state index in [0.29, 0.717) is 17.4 Å². The molecule has 5 heteroatoms. The molecule has 0 aliphatic heterocycles. The van der Waals surface area contributed by atoms with E-state index < -0.39 is 0 Å². The summed E-state index contributed by atoms with van der Waals surface area (Å²) in [5.74, 6) is 1.12. The molecule has 66 valence electrons. The minimum absolute atomic E-state index is 0.451. The molecule has 12 heavy (non-hydrogen) atoms. The highest BCUT2D eigenvalue weighted by atomic mass is 32.2. The summed E-state index contributed by atoms with van der Waals surface area (Å²) < 4.78 is 4.98. The normalized spacial score (nSPS) is 9.92. The molecule has 0 atom stereocenters. The predicted octanol–water partition coefficient (Wildman–Crippen LogP) is 1.10. The first-order valence-corrected chi connectivity index (χ1v) is 4.63. The largest absolute Gasteiger partial charge is 0.479 e. The molecule has 1 rings (SSSR count). The van der Waals surface area contributed by atoms with Gasteiger partial charge in [-0.1, -0.05) is 0 Å². The maximum absolute atomic E-state index is 5.70. The van der Waals surface area contributed by atoms with Crippen LogP contribution in [0, 0.1) is 6.92 Å². The topological polar surface area (TPSA) is 61.0 Å². The van der Waals surface area contributed by atoms with Gasteiger partial charge in [0.05, 0.1) is 7.11 Å². The average molecular weight is 185 g/mol. The van der Waals surface area contributed by atoms with Crippen LogP contribution in [0.4, 0.5) is 5.69 Å². The molecule has 0 unspecified atom stereocenters. The molecule has 0 amide bonds. The first kappa shape index (κ1) is 9.12. The third kappa shape index (κ3) is 1.61. The van der Waals surface area contributed by atoms with Crippen molar-refractivity contribution in [1.82, 2.24) is 9.97 Å². The highest BCUT2D eigenvalue weighted by Gasteiger charge is 2.08. The summed E-state index contributed by atoms with van der Waals surface area (Å²) in [6.07, 6.45) is 1.91. The molecule has 2 N–H and O–H groups in total. The lowest BCUT2D eigenvalue weighted by molar-refractivity contribution is 0.396. The summed E-state index contributed by atoms with van der Waals surface area (Å²) in [4.78, 5) is 8.17. The Labute approximate surface area is 75.5 Å². The molecule has 4 nitrogen and oxygen atoms in total. The summed E-state index contributed by atoms with van der Waals surface area (Å²) in [7, 11) is 1.54. The number of aromatic nitrogens is 2. The number of thioether (sulfide) groups is 1. The van der Waals surface area contributed by atoms with E-state index in [4.69, 9.17) is 10.5 Å². The van der Waals surface area contributed by atoms with Crippen molar-refractivity contribution in [1.29, 1.82) is 0 Å². The Hall–Kier alpha value is -0.970. The van der Waals surface area contributed by atoms with E-state index in [1.54, 1.807) is 7.11 Å². The van der Waals surface area contributed by atoms with Crippen LogP contribution >= 0.6 is 11.8 Å². The van der Waals surface area contributed by atoms with Crippen molar-refractivity contribution in [2.24, 2.45) is 0 Å². The number of rotatable bonds is 2. The monoisotopic (exact) mass is 185 g/mol. The first-order chi connectivity index (χ1) is 5.69. The number of aryl methyl sites for hydroxylation is 1. The van der Waals surface area contributed by atoms with Crippen LogP contribution < -0.4 is 10.5 Å². The molecule has 0 saturated carbocycles. The van der Waals surface area contributed by atoms with Gasteiger partial charge in [-0.2, -0.15) is 4.98 Å². The predicted molar refractivity (Wildman–Crippen MR) is 49.5 cm³/mol. The Bertz CT molecular complexity index is 265. The van der Waals surface area contributed by atoms with Crippen LogP contribution in [-0.2, 0) is 0 Å². The highest BCUT2D eigenvalue weighted by Crippen LogP contribution is 2.27. The van der Waals surface area contributed by atoms with E-state index >= 15 is 0 Å². The van der Waals surface area contributed by atoms with Crippen molar-refractivity contribution in [3.05, 3.63) is 5.82 Å². The number of ether oxygens (including phenoxy) is 1. The van der Waals surface area contributed by atoms with E-state index in [-0.39, 0.29) is 0 Å². The van der Waals surface area contributed by atoms with Gasteiger partial charge in [0.15, 0.2) is 0 Å². The van der Waals surface area contributed by atoms with Crippen LogP contribution in [0.1, 0.15) is 5.82 Å². The van der Waals surface area contributed by atoms with Crippen LogP contribution in [0.5, 0.6) is 5.88 Å². The molecule has 1 heterocycles. The second-order valence-corrected chi connectivity index (χ2v) is 3.00. The molecule has 0 aromatic carbocycles. The molecule has 1 aromatic rings. The lowest BCUT2D eigenvalue weighted by Gasteiger charge is -2.06. The number of methoxy groups -OCH3 is 1. The fraction of sp³-hybridized carbons (Fsp3) is 0.429. The summed E-state index contributed by atoms with van der Waals surface area (Å²) >= 11 is 1.48. The maximum Gasteiger partial charge on any atom is 0.241 e. The number of nitrogens with two attached hydrogens (primary N) is 1. The van der Waals surface area contributed by atoms with Gasteiger partial charge in [0.2, 0.25) is 5.88 Å². The van der Waals surface area contributed by atoms with Crippen LogP contribution in [0.3, 0.4) is 0 Å². The third-order valence-corrected chi connectivity index (χ3v) is 2.07. The van der Waals surface area contributed by atoms with Gasteiger partial charge in [-0.05, 0) is 13.2 Å². The molecule has 0 aliphatic rings. The minimum atomic E-state index is 0.451. The Balaban J connectivity index is 3.22. The van der Waals surface area contributed by atoms with E-state index in [0.717, 1.165) is 5.03 Å². The summed E-state index contributed by atoms with van der Waals surface area (Å²) in [6.45, 7) is 1.81. The second-order valence-electron chi connectivity index (χ2n) is 2.20. The standard InChI is InChI=1S/C7H11N3OS/c1-4-9-6(11-2)5(8)7(10-4)12-3/h8H2,1-3H3. The highest BCUT2D eigenvalue weighted by molar-refractivity contribution is 7.98. The summed E-state index contributed by atoms with van der Waals surface area (Å²) in [5, 5.41) is 0.763. The molecule has 0 spiro atoms. The van der Waals surface area contributed by atoms with Gasteiger partial charge in [-0.15, -0.1) is 11.8 Å². The van der Waals surface area contributed by atoms with Crippen LogP contribution in [-0.4, -0.2) is 23.3 Å². The minimum Gasteiger partial charge on any atom is -0.479 e. The van der Waals surface area contributed by atoms with Crippen molar-refractivity contribution >= 4 is 17.4 Å². The fourth-order valence-electron chi connectivity index (χ4n) is 0.842. The van der Waals surface area contributed by atoms with Crippen molar-refractivity contribution in [3.8, 4) is 5.88 Å². The van der Waals surface area contributed by atoms with Gasteiger partial charge in [0, 0.05) is 0 Å². The zero-order valence-electron chi connectivity index (χ0n) is 7.29. The Morgan fingerprint density at radius 3 is 2.58 bits per heavy atom. The van der Waals surface area contributed by atoms with Crippen LogP contribution in [0.25, 0.3) is 0 Å². The van der Waals surface area contributed by atoms with E-state index in [2.05, 4.69) is 9.97 Å². The zero-order valence-corrected chi connectivity index (χ0v) is 8.10. The van der Waals surface area contributed by atoms with Crippen molar-refractivity contribution in [2.75, 3.05) is 19.1 Å². The smallest absolute Gasteiger partial charge is 0.241 e. The quantitative estimate of drug-likeness (QED) is 0.552. The van der Waals surface area contributed by atoms with Crippen LogP contribution in [0.15, 0.2) is 5.03 Å². The number of hydrogen-bond donors (Lipinski definition) is 1. The molecule has 1 aromatic heterocycles. The maximum atomic E-state index is 5.70. The van der Waals surface area contributed by atoms with E-state index in [9.17, 15) is 0 Å². The molecule has 0 radical (unpaired) electrons. The SMILES string of the molecule is COc1nc(C)nc(SC)c1N. The fourth-order valence-corrected chi connectivity index (χ4v) is 1.37. The summed E-state index contributed by atoms with van der Waals surface area (Å²) in [6, 6.07) is 0. The van der Waals surface area contributed by atoms with Gasteiger partial charge >= 0.3 is 0 Å². The van der Waals surface area contributed by atoms with Gasteiger partial charge in [0.25, 0.3) is 0 Å². The molecular formula is C7H11N3OS. The summed E-state index contributed by atoms with van der Waals surface area (Å²) in [5.41, 5.74) is 6.21. The van der Waals surface area contributed by atoms with Gasteiger partial charge < -0.3 is 10.5 Å². The Morgan fingerprint density at radius 2 is 2.08 bits per heavy atom. The Kier molecular flexibility index (Phi) is 2.75. The number of nitrogen functional groups attached to an aromatic ring is 1. The van der Waals surface area contributed by atoms with Gasteiger partial charge in [0.1, 0.15) is 16.5 Å². The van der Waals surface area contributed by atoms with Gasteiger partial charge in [-0.25, -0.2) is 4.98 Å². The second kappa shape index (κ2) is 3.62. The van der Waals surface area contributed by atoms with Gasteiger partial charge in [-0.3, -0.25) is 0 Å². The molecular weight excluding hydrogens is 174 g/mol. The van der Waals surface area contributed by atoms with E-state index in [1.807, 2.05) is 13.2 Å². The average Bonchev–Trinajstić information content (AvgIpc) is 2.08. The lowest BCUT2D eigenvalue weighted by Crippen LogP contribution is -2.01. The Morgan fingerprint density at radius 1 is 1.42 bits per heavy atom. The van der Waals surface area contributed by atoms with Crippen LogP contribution in [0.2, 0.25) is 0 Å². The van der Waals surface area contributed by atoms with E-state index in [1.165, 1.54) is 11.8 Å². The number of nitrogens with zero attached hydrogens (tertiary/aromatic N) is 2. The number of hydrogen-bond acceptors (Lipinski definition) is 5. The van der Waals surface area contributed by atoms with Crippen molar-refractivity contribution in [2.45, 2.75) is 11.9 Å². The number of anilines is 1. The molecule has 0 saturated heterocycles. The lowest BCUT2D eigenvalue weighted by atomic mass is 10.5. The molecule has 0 fully saturated rings.